The second-order valence-corrected chi connectivity index (χ2v) is 6.31. The van der Waals surface area contributed by atoms with E-state index in [4.69, 9.17) is 11.1 Å². The van der Waals surface area contributed by atoms with Gasteiger partial charge in [0.15, 0.2) is 5.82 Å². The number of nitrogen functional groups attached to an aromatic ring is 1. The van der Waals surface area contributed by atoms with Gasteiger partial charge in [0.1, 0.15) is 5.84 Å². The van der Waals surface area contributed by atoms with Crippen LogP contribution in [0.3, 0.4) is 0 Å². The van der Waals surface area contributed by atoms with Gasteiger partial charge in [-0.1, -0.05) is 12.8 Å². The number of thioether (sulfide) groups is 1. The molecule has 0 atom stereocenters. The highest BCUT2D eigenvalue weighted by atomic mass is 79.9. The maximum absolute atomic E-state index is 14.1. The van der Waals surface area contributed by atoms with Crippen LogP contribution in [0.2, 0.25) is 0 Å². The number of hydrogen-bond donors (Lipinski definition) is 2. The fourth-order valence-electron chi connectivity index (χ4n) is 2.02. The summed E-state index contributed by atoms with van der Waals surface area (Å²) in [5.74, 6) is -0.414. The molecule has 1 aliphatic carbocycles. The molecule has 0 spiro atoms. The Morgan fingerprint density at radius 1 is 1.41 bits per heavy atom. The fraction of sp³-hybridized carbons (Fsp3) is 0.417. The van der Waals surface area contributed by atoms with Gasteiger partial charge < -0.3 is 5.73 Å². The molecule has 17 heavy (non-hydrogen) atoms. The Kier molecular flexibility index (Phi) is 4.09. The summed E-state index contributed by atoms with van der Waals surface area (Å²) in [7, 11) is 0. The quantitative estimate of drug-likeness (QED) is 0.656. The monoisotopic (exact) mass is 316 g/mol. The molecule has 0 aromatic heterocycles. The van der Waals surface area contributed by atoms with Crippen LogP contribution in [0.15, 0.2) is 21.5 Å². The molecule has 0 amide bonds. The van der Waals surface area contributed by atoms with E-state index in [1.807, 2.05) is 0 Å². The molecule has 1 saturated carbocycles. The SMILES string of the molecule is N=C(N)c1ccc(SC2CCCC2)c(F)c1Br. The second kappa shape index (κ2) is 5.40. The van der Waals surface area contributed by atoms with Crippen LogP contribution in [0.25, 0.3) is 0 Å². The first-order valence-corrected chi connectivity index (χ1v) is 7.26. The van der Waals surface area contributed by atoms with Crippen LogP contribution < -0.4 is 5.73 Å². The number of hydrogen-bond acceptors (Lipinski definition) is 2. The predicted molar refractivity (Wildman–Crippen MR) is 73.2 cm³/mol. The fourth-order valence-corrected chi connectivity index (χ4v) is 3.99. The molecule has 1 fully saturated rings. The van der Waals surface area contributed by atoms with Crippen molar-refractivity contribution in [2.75, 3.05) is 0 Å². The Morgan fingerprint density at radius 2 is 2.06 bits per heavy atom. The standard InChI is InChI=1S/C12H14BrFN2S/c13-10-8(12(15)16)5-6-9(11(10)14)17-7-3-1-2-4-7/h5-7H,1-4H2,(H3,15,16). The lowest BCUT2D eigenvalue weighted by Crippen LogP contribution is -2.12. The molecule has 92 valence electrons. The van der Waals surface area contributed by atoms with E-state index in [0.717, 1.165) is 12.8 Å². The smallest absolute Gasteiger partial charge is 0.151 e. The van der Waals surface area contributed by atoms with Crippen molar-refractivity contribution in [2.45, 2.75) is 35.8 Å². The molecular weight excluding hydrogens is 303 g/mol. The Balaban J connectivity index is 2.23. The van der Waals surface area contributed by atoms with E-state index in [-0.39, 0.29) is 11.7 Å². The van der Waals surface area contributed by atoms with Gasteiger partial charge in [0.2, 0.25) is 0 Å². The highest BCUT2D eigenvalue weighted by Crippen LogP contribution is 2.38. The summed E-state index contributed by atoms with van der Waals surface area (Å²) < 4.78 is 14.4. The highest BCUT2D eigenvalue weighted by Gasteiger charge is 2.20. The summed E-state index contributed by atoms with van der Waals surface area (Å²) in [6.07, 6.45) is 4.81. The molecule has 2 rings (SSSR count). The molecule has 0 unspecified atom stereocenters. The van der Waals surface area contributed by atoms with Gasteiger partial charge in [0.05, 0.1) is 4.47 Å². The predicted octanol–water partition coefficient (Wildman–Crippen LogP) is 3.91. The van der Waals surface area contributed by atoms with Gasteiger partial charge in [-0.15, -0.1) is 11.8 Å². The first-order valence-electron chi connectivity index (χ1n) is 5.58. The molecule has 1 aliphatic rings. The summed E-state index contributed by atoms with van der Waals surface area (Å²) in [4.78, 5) is 0.647. The molecule has 3 N–H and O–H groups in total. The van der Waals surface area contributed by atoms with Gasteiger partial charge in [-0.2, -0.15) is 0 Å². The third-order valence-corrected chi connectivity index (χ3v) is 5.08. The molecule has 0 saturated heterocycles. The van der Waals surface area contributed by atoms with E-state index in [0.29, 0.717) is 20.2 Å². The Labute approximate surface area is 113 Å². The zero-order valence-electron chi connectivity index (χ0n) is 9.30. The van der Waals surface area contributed by atoms with Crippen LogP contribution in [0.5, 0.6) is 0 Å². The lowest BCUT2D eigenvalue weighted by atomic mass is 10.2. The van der Waals surface area contributed by atoms with Crippen molar-refractivity contribution >= 4 is 33.5 Å². The molecule has 1 aromatic carbocycles. The molecule has 0 radical (unpaired) electrons. The van der Waals surface area contributed by atoms with Crippen LogP contribution in [0, 0.1) is 11.2 Å². The first-order chi connectivity index (χ1) is 8.09. The van der Waals surface area contributed by atoms with Gasteiger partial charge in [-0.3, -0.25) is 5.41 Å². The third-order valence-electron chi connectivity index (χ3n) is 2.93. The lowest BCUT2D eigenvalue weighted by molar-refractivity contribution is 0.594. The van der Waals surface area contributed by atoms with E-state index >= 15 is 0 Å². The molecule has 1 aromatic rings. The molecule has 5 heteroatoms. The molecular formula is C12H14BrFN2S. The first kappa shape index (κ1) is 12.9. The number of rotatable bonds is 3. The van der Waals surface area contributed by atoms with E-state index in [1.54, 1.807) is 23.9 Å². The van der Waals surface area contributed by atoms with Crippen molar-refractivity contribution in [1.82, 2.24) is 0 Å². The van der Waals surface area contributed by atoms with Crippen LogP contribution in [-0.4, -0.2) is 11.1 Å². The van der Waals surface area contributed by atoms with Crippen molar-refractivity contribution in [2.24, 2.45) is 5.73 Å². The summed E-state index contributed by atoms with van der Waals surface area (Å²) in [5.41, 5.74) is 5.79. The minimum absolute atomic E-state index is 0.117. The molecule has 0 heterocycles. The number of nitrogens with one attached hydrogen (secondary N) is 1. The average molecular weight is 317 g/mol. The normalized spacial score (nSPS) is 16.4. The van der Waals surface area contributed by atoms with Gasteiger partial charge >= 0.3 is 0 Å². The molecule has 0 bridgehead atoms. The van der Waals surface area contributed by atoms with Crippen molar-refractivity contribution in [3.8, 4) is 0 Å². The Bertz CT molecular complexity index is 444. The molecule has 2 nitrogen and oxygen atoms in total. The van der Waals surface area contributed by atoms with E-state index in [2.05, 4.69) is 15.9 Å². The zero-order valence-corrected chi connectivity index (χ0v) is 11.7. The zero-order chi connectivity index (χ0) is 12.4. The summed E-state index contributed by atoms with van der Waals surface area (Å²) >= 11 is 4.77. The number of amidine groups is 1. The lowest BCUT2D eigenvalue weighted by Gasteiger charge is -2.12. The van der Waals surface area contributed by atoms with Gasteiger partial charge in [0, 0.05) is 15.7 Å². The van der Waals surface area contributed by atoms with Gasteiger partial charge in [-0.25, -0.2) is 4.39 Å². The summed E-state index contributed by atoms with van der Waals surface area (Å²) in [6.45, 7) is 0. The topological polar surface area (TPSA) is 49.9 Å². The van der Waals surface area contributed by atoms with Crippen molar-refractivity contribution in [3.63, 3.8) is 0 Å². The largest absolute Gasteiger partial charge is 0.384 e. The van der Waals surface area contributed by atoms with Crippen LogP contribution in [0.1, 0.15) is 31.2 Å². The van der Waals surface area contributed by atoms with E-state index < -0.39 is 0 Å². The van der Waals surface area contributed by atoms with Crippen LogP contribution in [0.4, 0.5) is 4.39 Å². The molecule has 0 aliphatic heterocycles. The highest BCUT2D eigenvalue weighted by molar-refractivity contribution is 9.10. The maximum Gasteiger partial charge on any atom is 0.151 e. The van der Waals surface area contributed by atoms with E-state index in [1.165, 1.54) is 12.8 Å². The van der Waals surface area contributed by atoms with Crippen LogP contribution >= 0.6 is 27.7 Å². The van der Waals surface area contributed by atoms with Crippen molar-refractivity contribution < 1.29 is 4.39 Å². The van der Waals surface area contributed by atoms with Gasteiger partial charge in [-0.05, 0) is 40.9 Å². The third kappa shape index (κ3) is 2.83. The minimum atomic E-state index is -0.297. The number of halogens is 2. The number of nitrogens with two attached hydrogens (primary N) is 1. The van der Waals surface area contributed by atoms with E-state index in [9.17, 15) is 4.39 Å². The summed E-state index contributed by atoms with van der Waals surface area (Å²) in [6, 6.07) is 3.42. The van der Waals surface area contributed by atoms with Crippen molar-refractivity contribution in [3.05, 3.63) is 28.0 Å². The second-order valence-electron chi connectivity index (χ2n) is 4.18. The van der Waals surface area contributed by atoms with Crippen molar-refractivity contribution in [1.29, 1.82) is 5.41 Å². The Morgan fingerprint density at radius 3 is 2.65 bits per heavy atom. The van der Waals surface area contributed by atoms with Crippen LogP contribution in [-0.2, 0) is 0 Å². The maximum atomic E-state index is 14.1. The average Bonchev–Trinajstić information content (AvgIpc) is 2.77. The Hall–Kier alpha value is -0.550. The van der Waals surface area contributed by atoms with Gasteiger partial charge in [0.25, 0.3) is 0 Å². The number of benzene rings is 1. The minimum Gasteiger partial charge on any atom is -0.384 e. The summed E-state index contributed by atoms with van der Waals surface area (Å²) in [5, 5.41) is 7.87.